The Kier molecular flexibility index (Phi) is 6.46. The Balaban J connectivity index is 1.19. The summed E-state index contributed by atoms with van der Waals surface area (Å²) < 4.78 is 2.39. The van der Waals surface area contributed by atoms with Crippen LogP contribution in [0, 0.1) is 0 Å². The van der Waals surface area contributed by atoms with Crippen LogP contribution in [-0.4, -0.2) is 14.5 Å². The molecule has 220 valence electrons. The molecule has 0 aliphatic rings. The Labute approximate surface area is 273 Å². The predicted molar refractivity (Wildman–Crippen MR) is 196 cm³/mol. The molecule has 0 radical (unpaired) electrons. The van der Waals surface area contributed by atoms with E-state index in [1.165, 1.54) is 38.1 Å². The lowest BCUT2D eigenvalue weighted by Crippen LogP contribution is -1.97. The van der Waals surface area contributed by atoms with Gasteiger partial charge in [-0.15, -0.1) is 0 Å². The van der Waals surface area contributed by atoms with Gasteiger partial charge in [0.15, 0.2) is 5.82 Å². The van der Waals surface area contributed by atoms with E-state index in [1.807, 2.05) is 12.1 Å². The van der Waals surface area contributed by atoms with E-state index in [2.05, 4.69) is 168 Å². The highest BCUT2D eigenvalue weighted by molar-refractivity contribution is 6.18. The average molecular weight is 600 g/mol. The fourth-order valence-corrected chi connectivity index (χ4v) is 6.73. The van der Waals surface area contributed by atoms with Crippen molar-refractivity contribution in [2.45, 2.75) is 0 Å². The molecule has 47 heavy (non-hydrogen) atoms. The number of hydrogen-bond acceptors (Lipinski definition) is 2. The van der Waals surface area contributed by atoms with Gasteiger partial charge in [-0.3, -0.25) is 0 Å². The first-order valence-electron chi connectivity index (χ1n) is 15.9. The van der Waals surface area contributed by atoms with Crippen molar-refractivity contribution in [2.75, 3.05) is 0 Å². The van der Waals surface area contributed by atoms with Gasteiger partial charge in [-0.1, -0.05) is 133 Å². The summed E-state index contributed by atoms with van der Waals surface area (Å²) in [5.74, 6) is 0.700. The largest absolute Gasteiger partial charge is 0.309 e. The molecule has 2 aromatic heterocycles. The van der Waals surface area contributed by atoms with Gasteiger partial charge < -0.3 is 4.57 Å². The van der Waals surface area contributed by atoms with Crippen LogP contribution in [0.2, 0.25) is 0 Å². The standard InChI is InChI=1S/C44H29N3/c1-3-12-30(13-4-1)34-17-11-18-35(28-34)41-29-40(32-15-5-2-6-16-32)45-44(46-41)33-22-25-36(26-23-33)47-42-21-10-9-20-38(42)39-27-24-31-14-7-8-19-37(31)43(39)47/h1-29H. The monoisotopic (exact) mass is 599 g/mol. The quantitative estimate of drug-likeness (QED) is 0.197. The topological polar surface area (TPSA) is 30.7 Å². The summed E-state index contributed by atoms with van der Waals surface area (Å²) in [7, 11) is 0. The molecular weight excluding hydrogens is 571 g/mol. The van der Waals surface area contributed by atoms with Gasteiger partial charge >= 0.3 is 0 Å². The molecule has 0 aliphatic carbocycles. The Morgan fingerprint density at radius 2 is 0.979 bits per heavy atom. The molecule has 3 nitrogen and oxygen atoms in total. The lowest BCUT2D eigenvalue weighted by molar-refractivity contribution is 1.17. The predicted octanol–water partition coefficient (Wildman–Crippen LogP) is 11.4. The maximum absolute atomic E-state index is 5.15. The molecule has 9 aromatic rings. The fourth-order valence-electron chi connectivity index (χ4n) is 6.73. The van der Waals surface area contributed by atoms with Crippen LogP contribution >= 0.6 is 0 Å². The van der Waals surface area contributed by atoms with E-state index in [4.69, 9.17) is 9.97 Å². The van der Waals surface area contributed by atoms with Gasteiger partial charge in [0.1, 0.15) is 0 Å². The zero-order valence-electron chi connectivity index (χ0n) is 25.6. The van der Waals surface area contributed by atoms with Crippen LogP contribution in [0.4, 0.5) is 0 Å². The molecule has 9 rings (SSSR count). The third-order valence-corrected chi connectivity index (χ3v) is 9.00. The molecule has 0 aliphatic heterocycles. The van der Waals surface area contributed by atoms with Crippen molar-refractivity contribution >= 4 is 32.6 Å². The molecule has 0 bridgehead atoms. The van der Waals surface area contributed by atoms with E-state index >= 15 is 0 Å². The molecule has 7 aromatic carbocycles. The van der Waals surface area contributed by atoms with Crippen molar-refractivity contribution in [2.24, 2.45) is 0 Å². The van der Waals surface area contributed by atoms with Gasteiger partial charge in [-0.05, 0) is 59.0 Å². The minimum atomic E-state index is 0.700. The van der Waals surface area contributed by atoms with Gasteiger partial charge in [0, 0.05) is 38.5 Å². The van der Waals surface area contributed by atoms with Crippen molar-refractivity contribution < 1.29 is 0 Å². The van der Waals surface area contributed by atoms with Crippen LogP contribution in [0.3, 0.4) is 0 Å². The van der Waals surface area contributed by atoms with Crippen molar-refractivity contribution in [3.8, 4) is 50.7 Å². The highest BCUT2D eigenvalue weighted by Crippen LogP contribution is 2.37. The minimum Gasteiger partial charge on any atom is -0.309 e. The number of para-hydroxylation sites is 1. The molecule has 0 amide bonds. The molecule has 0 saturated heterocycles. The SMILES string of the molecule is c1ccc(-c2cccc(-c3cc(-c4ccccc4)nc(-c4ccc(-n5c6ccccc6c6ccc7ccccc7c65)cc4)n3)c2)cc1. The minimum absolute atomic E-state index is 0.700. The zero-order valence-corrected chi connectivity index (χ0v) is 25.6. The zero-order chi connectivity index (χ0) is 31.2. The van der Waals surface area contributed by atoms with Crippen molar-refractivity contribution in [3.63, 3.8) is 0 Å². The highest BCUT2D eigenvalue weighted by Gasteiger charge is 2.16. The van der Waals surface area contributed by atoms with E-state index in [0.717, 1.165) is 39.3 Å². The van der Waals surface area contributed by atoms with Crippen LogP contribution in [0.1, 0.15) is 0 Å². The molecular formula is C44H29N3. The average Bonchev–Trinajstić information content (AvgIpc) is 3.50. The van der Waals surface area contributed by atoms with Gasteiger partial charge in [-0.2, -0.15) is 0 Å². The Morgan fingerprint density at radius 1 is 0.362 bits per heavy atom. The first-order valence-corrected chi connectivity index (χ1v) is 15.9. The second-order valence-corrected chi connectivity index (χ2v) is 11.9. The number of hydrogen-bond donors (Lipinski definition) is 0. The number of rotatable bonds is 5. The molecule has 0 unspecified atom stereocenters. The summed E-state index contributed by atoms with van der Waals surface area (Å²) in [5, 5.41) is 4.98. The summed E-state index contributed by atoms with van der Waals surface area (Å²) in [6.45, 7) is 0. The Bertz CT molecular complexity index is 2550. The third kappa shape index (κ3) is 4.77. The van der Waals surface area contributed by atoms with Crippen LogP contribution < -0.4 is 0 Å². The molecule has 0 spiro atoms. The van der Waals surface area contributed by atoms with E-state index in [9.17, 15) is 0 Å². The van der Waals surface area contributed by atoms with Gasteiger partial charge in [-0.25, -0.2) is 9.97 Å². The van der Waals surface area contributed by atoms with Gasteiger partial charge in [0.25, 0.3) is 0 Å². The summed E-state index contributed by atoms with van der Waals surface area (Å²) in [6, 6.07) is 62.0. The molecule has 0 N–H and O–H groups in total. The highest BCUT2D eigenvalue weighted by atomic mass is 15.0. The van der Waals surface area contributed by atoms with Gasteiger partial charge in [0.2, 0.25) is 0 Å². The molecule has 0 fully saturated rings. The molecule has 0 saturated carbocycles. The van der Waals surface area contributed by atoms with Crippen molar-refractivity contribution in [3.05, 3.63) is 176 Å². The maximum Gasteiger partial charge on any atom is 0.160 e. The van der Waals surface area contributed by atoms with E-state index in [-0.39, 0.29) is 0 Å². The number of nitrogens with zero attached hydrogens (tertiary/aromatic N) is 3. The Morgan fingerprint density at radius 3 is 1.77 bits per heavy atom. The second kappa shape index (κ2) is 11.2. The number of benzene rings is 7. The van der Waals surface area contributed by atoms with Crippen LogP contribution in [-0.2, 0) is 0 Å². The van der Waals surface area contributed by atoms with Crippen LogP contribution in [0.15, 0.2) is 176 Å². The van der Waals surface area contributed by atoms with Crippen molar-refractivity contribution in [1.82, 2.24) is 14.5 Å². The molecule has 2 heterocycles. The molecule has 0 atom stereocenters. The van der Waals surface area contributed by atoms with Crippen LogP contribution in [0.5, 0.6) is 0 Å². The molecule has 3 heteroatoms. The summed E-state index contributed by atoms with van der Waals surface area (Å²) in [4.78, 5) is 10.2. The number of fused-ring (bicyclic) bond motifs is 5. The van der Waals surface area contributed by atoms with E-state index in [0.29, 0.717) is 5.82 Å². The number of aromatic nitrogens is 3. The normalized spacial score (nSPS) is 11.4. The summed E-state index contributed by atoms with van der Waals surface area (Å²) >= 11 is 0. The van der Waals surface area contributed by atoms with Crippen LogP contribution in [0.25, 0.3) is 83.3 Å². The smallest absolute Gasteiger partial charge is 0.160 e. The first kappa shape index (κ1) is 27.0. The lowest BCUT2D eigenvalue weighted by Gasteiger charge is -2.12. The van der Waals surface area contributed by atoms with E-state index in [1.54, 1.807) is 0 Å². The Hall–Kier alpha value is -6.32. The summed E-state index contributed by atoms with van der Waals surface area (Å²) in [6.07, 6.45) is 0. The fraction of sp³-hybridized carbons (Fsp3) is 0. The van der Waals surface area contributed by atoms with Crippen molar-refractivity contribution in [1.29, 1.82) is 0 Å². The second-order valence-electron chi connectivity index (χ2n) is 11.9. The maximum atomic E-state index is 5.15. The third-order valence-electron chi connectivity index (χ3n) is 9.00. The lowest BCUT2D eigenvalue weighted by atomic mass is 10.0. The summed E-state index contributed by atoms with van der Waals surface area (Å²) in [5.41, 5.74) is 10.7. The van der Waals surface area contributed by atoms with E-state index < -0.39 is 0 Å². The first-order chi connectivity index (χ1) is 23.3. The van der Waals surface area contributed by atoms with Gasteiger partial charge in [0.05, 0.1) is 22.4 Å².